The molecular weight excluding hydrogens is 321 g/mol. The number of rotatable bonds is 8. The summed E-state index contributed by atoms with van der Waals surface area (Å²) in [6.07, 6.45) is 1.19. The minimum Gasteiger partial charge on any atom is -0.387 e. The fraction of sp³-hybridized carbons (Fsp3) is 0.579. The first-order valence-electron chi connectivity index (χ1n) is 8.65. The van der Waals surface area contributed by atoms with Crippen LogP contribution in [0.4, 0.5) is 4.39 Å². The van der Waals surface area contributed by atoms with Gasteiger partial charge in [-0.2, -0.15) is 5.26 Å². The highest BCUT2D eigenvalue weighted by atomic mass is 19.1. The maximum Gasteiger partial charge on any atom is 0.235 e. The highest BCUT2D eigenvalue weighted by Gasteiger charge is 2.34. The lowest BCUT2D eigenvalue weighted by Gasteiger charge is -2.30. The van der Waals surface area contributed by atoms with Crippen molar-refractivity contribution < 1.29 is 14.3 Å². The fourth-order valence-electron chi connectivity index (χ4n) is 2.61. The first-order chi connectivity index (χ1) is 11.7. The summed E-state index contributed by atoms with van der Waals surface area (Å²) in [5.41, 5.74) is -0.293. The van der Waals surface area contributed by atoms with Crippen molar-refractivity contribution in [3.63, 3.8) is 0 Å². The van der Waals surface area contributed by atoms with Gasteiger partial charge in [0.1, 0.15) is 11.4 Å². The molecule has 1 aromatic carbocycles. The van der Waals surface area contributed by atoms with Gasteiger partial charge in [-0.15, -0.1) is 0 Å². The molecule has 1 amide bonds. The smallest absolute Gasteiger partial charge is 0.235 e. The van der Waals surface area contributed by atoms with Crippen LogP contribution < -0.4 is 5.32 Å². The Kier molecular flexibility index (Phi) is 6.15. The number of hydrogen-bond donors (Lipinski definition) is 2. The van der Waals surface area contributed by atoms with E-state index in [1.54, 1.807) is 19.1 Å². The highest BCUT2D eigenvalue weighted by Crippen LogP contribution is 2.29. The van der Waals surface area contributed by atoms with E-state index in [2.05, 4.69) is 11.4 Å². The molecule has 0 heterocycles. The van der Waals surface area contributed by atoms with Crippen LogP contribution in [0.3, 0.4) is 0 Å². The van der Waals surface area contributed by atoms with E-state index in [-0.39, 0.29) is 30.2 Å². The first-order valence-corrected chi connectivity index (χ1v) is 8.65. The van der Waals surface area contributed by atoms with Crippen molar-refractivity contribution in [3.8, 4) is 6.07 Å². The van der Waals surface area contributed by atoms with Crippen molar-refractivity contribution in [3.05, 3.63) is 35.6 Å². The molecule has 2 atom stereocenters. The SMILES string of the molecule is CC(C)C(C)(C#N)NC(=O)CN(CC(O)c1ccc(F)cc1)C1CC1. The Morgan fingerprint density at radius 3 is 2.52 bits per heavy atom. The average molecular weight is 347 g/mol. The minimum atomic E-state index is -0.915. The van der Waals surface area contributed by atoms with Crippen molar-refractivity contribution in [2.45, 2.75) is 51.3 Å². The Morgan fingerprint density at radius 2 is 2.04 bits per heavy atom. The molecule has 2 rings (SSSR count). The zero-order valence-corrected chi connectivity index (χ0v) is 15.0. The van der Waals surface area contributed by atoms with Gasteiger partial charge in [0, 0.05) is 12.6 Å². The van der Waals surface area contributed by atoms with Crippen LogP contribution in [0.5, 0.6) is 0 Å². The molecule has 1 saturated carbocycles. The molecule has 1 fully saturated rings. The molecule has 5 nitrogen and oxygen atoms in total. The maximum absolute atomic E-state index is 13.0. The van der Waals surface area contributed by atoms with Crippen LogP contribution in [-0.2, 0) is 4.79 Å². The molecule has 1 aromatic rings. The number of amides is 1. The van der Waals surface area contributed by atoms with Gasteiger partial charge >= 0.3 is 0 Å². The number of nitrogens with zero attached hydrogens (tertiary/aromatic N) is 2. The molecule has 0 saturated heterocycles. The largest absolute Gasteiger partial charge is 0.387 e. The Balaban J connectivity index is 1.98. The molecule has 0 radical (unpaired) electrons. The van der Waals surface area contributed by atoms with E-state index < -0.39 is 11.6 Å². The van der Waals surface area contributed by atoms with Crippen LogP contribution in [0.2, 0.25) is 0 Å². The Morgan fingerprint density at radius 1 is 1.44 bits per heavy atom. The third-order valence-electron chi connectivity index (χ3n) is 4.86. The second-order valence-corrected chi connectivity index (χ2v) is 7.24. The van der Waals surface area contributed by atoms with Crippen LogP contribution >= 0.6 is 0 Å². The molecular formula is C19H26FN3O2. The molecule has 2 unspecified atom stereocenters. The molecule has 136 valence electrons. The molecule has 1 aliphatic rings. The predicted molar refractivity (Wildman–Crippen MR) is 93.0 cm³/mol. The lowest BCUT2D eigenvalue weighted by Crippen LogP contribution is -2.52. The van der Waals surface area contributed by atoms with E-state index >= 15 is 0 Å². The van der Waals surface area contributed by atoms with Crippen molar-refractivity contribution in [2.75, 3.05) is 13.1 Å². The van der Waals surface area contributed by atoms with Gasteiger partial charge < -0.3 is 10.4 Å². The van der Waals surface area contributed by atoms with Gasteiger partial charge in [-0.1, -0.05) is 26.0 Å². The van der Waals surface area contributed by atoms with Crippen LogP contribution in [0.1, 0.15) is 45.3 Å². The van der Waals surface area contributed by atoms with Crippen molar-refractivity contribution in [1.82, 2.24) is 10.2 Å². The van der Waals surface area contributed by atoms with Gasteiger partial charge in [0.2, 0.25) is 5.91 Å². The number of hydrogen-bond acceptors (Lipinski definition) is 4. The maximum atomic E-state index is 13.0. The highest BCUT2D eigenvalue weighted by molar-refractivity contribution is 5.79. The Bertz CT molecular complexity index is 637. The molecule has 6 heteroatoms. The summed E-state index contributed by atoms with van der Waals surface area (Å²) in [4.78, 5) is 14.3. The third kappa shape index (κ3) is 5.25. The second-order valence-electron chi connectivity index (χ2n) is 7.24. The second kappa shape index (κ2) is 7.94. The number of nitrogens with one attached hydrogen (secondary N) is 1. The summed E-state index contributed by atoms with van der Waals surface area (Å²) >= 11 is 0. The van der Waals surface area contributed by atoms with Gasteiger partial charge in [-0.05, 0) is 43.4 Å². The number of aliphatic hydroxyl groups excluding tert-OH is 1. The molecule has 2 N–H and O–H groups in total. The standard InChI is InChI=1S/C19H26FN3O2/c1-13(2)19(3,12-21)22-18(25)11-23(16-8-9-16)10-17(24)14-4-6-15(20)7-5-14/h4-7,13,16-17,24H,8-11H2,1-3H3,(H,22,25). The summed E-state index contributed by atoms with van der Waals surface area (Å²) in [5.74, 6) is -0.588. The van der Waals surface area contributed by atoms with E-state index in [0.717, 1.165) is 12.8 Å². The number of carbonyl (C=O) groups excluding carboxylic acids is 1. The Labute approximate surface area is 148 Å². The van der Waals surface area contributed by atoms with Crippen LogP contribution in [0.25, 0.3) is 0 Å². The van der Waals surface area contributed by atoms with Crippen molar-refractivity contribution in [1.29, 1.82) is 5.26 Å². The number of aliphatic hydroxyl groups is 1. The van der Waals surface area contributed by atoms with Crippen LogP contribution in [0.15, 0.2) is 24.3 Å². The predicted octanol–water partition coefficient (Wildman–Crippen LogP) is 2.38. The van der Waals surface area contributed by atoms with Crippen LogP contribution in [-0.4, -0.2) is 40.6 Å². The summed E-state index contributed by atoms with van der Waals surface area (Å²) in [6, 6.07) is 8.17. The quantitative estimate of drug-likeness (QED) is 0.757. The van der Waals surface area contributed by atoms with Crippen molar-refractivity contribution in [2.24, 2.45) is 5.92 Å². The lowest BCUT2D eigenvalue weighted by atomic mass is 9.90. The van der Waals surface area contributed by atoms with E-state index in [1.807, 2.05) is 18.7 Å². The Hall–Kier alpha value is -1.97. The van der Waals surface area contributed by atoms with E-state index in [9.17, 15) is 19.6 Å². The van der Waals surface area contributed by atoms with Crippen molar-refractivity contribution >= 4 is 5.91 Å². The van der Waals surface area contributed by atoms with E-state index in [1.165, 1.54) is 12.1 Å². The average Bonchev–Trinajstić information content (AvgIpc) is 3.39. The molecule has 0 spiro atoms. The minimum absolute atomic E-state index is 0.0133. The van der Waals surface area contributed by atoms with Gasteiger partial charge in [0.05, 0.1) is 18.7 Å². The van der Waals surface area contributed by atoms with Crippen LogP contribution in [0, 0.1) is 23.1 Å². The normalized spacial score (nSPS) is 17.8. The molecule has 0 aromatic heterocycles. The van der Waals surface area contributed by atoms with E-state index in [4.69, 9.17) is 0 Å². The number of benzene rings is 1. The summed E-state index contributed by atoms with van der Waals surface area (Å²) in [6.45, 7) is 5.92. The van der Waals surface area contributed by atoms with E-state index in [0.29, 0.717) is 12.1 Å². The van der Waals surface area contributed by atoms with Gasteiger partial charge in [-0.3, -0.25) is 9.69 Å². The third-order valence-corrected chi connectivity index (χ3v) is 4.86. The molecule has 25 heavy (non-hydrogen) atoms. The zero-order chi connectivity index (χ0) is 18.6. The molecule has 0 aliphatic heterocycles. The number of carbonyl (C=O) groups is 1. The number of halogens is 1. The topological polar surface area (TPSA) is 76.4 Å². The first kappa shape index (κ1) is 19.4. The fourth-order valence-corrected chi connectivity index (χ4v) is 2.61. The van der Waals surface area contributed by atoms with Gasteiger partial charge in [0.25, 0.3) is 0 Å². The summed E-state index contributed by atoms with van der Waals surface area (Å²) < 4.78 is 13.0. The molecule has 1 aliphatic carbocycles. The summed E-state index contributed by atoms with van der Waals surface area (Å²) in [5, 5.41) is 22.5. The number of nitriles is 1. The lowest BCUT2D eigenvalue weighted by molar-refractivity contribution is -0.124. The van der Waals surface area contributed by atoms with Gasteiger partial charge in [0.15, 0.2) is 0 Å². The van der Waals surface area contributed by atoms with Gasteiger partial charge in [-0.25, -0.2) is 4.39 Å². The monoisotopic (exact) mass is 347 g/mol. The zero-order valence-electron chi connectivity index (χ0n) is 15.0. The molecule has 0 bridgehead atoms. The summed E-state index contributed by atoms with van der Waals surface area (Å²) in [7, 11) is 0.